The third kappa shape index (κ3) is 10.0. The summed E-state index contributed by atoms with van der Waals surface area (Å²) in [6.07, 6.45) is -0.156. The van der Waals surface area contributed by atoms with Gasteiger partial charge in [0.1, 0.15) is 54.0 Å². The first kappa shape index (κ1) is 42.5. The molecule has 7 amide bonds. The van der Waals surface area contributed by atoms with Crippen LogP contribution in [0.25, 0.3) is 0 Å². The van der Waals surface area contributed by atoms with Crippen LogP contribution in [0.4, 0.5) is 19.3 Å². The van der Waals surface area contributed by atoms with Gasteiger partial charge in [-0.2, -0.15) is 0 Å². The van der Waals surface area contributed by atoms with E-state index in [1.165, 1.54) is 42.5 Å². The van der Waals surface area contributed by atoms with E-state index >= 15 is 0 Å². The summed E-state index contributed by atoms with van der Waals surface area (Å²) >= 11 is 0. The number of urea groups is 1. The van der Waals surface area contributed by atoms with E-state index in [9.17, 15) is 42.3 Å². The van der Waals surface area contributed by atoms with Crippen molar-refractivity contribution in [3.05, 3.63) is 65.2 Å². The molecule has 2 aromatic carbocycles. The SMILES string of the molecule is CCc1ccc(NC(=O)N[C@@H](Cc2cc(F)cc(F)c2)C(=O)N[C@@H]2C(=O)N3CCC[C@H]3C(=O)N(C)[C@@H](C)C(=O)N[C@@H](C)C(=O)N3C[C@@H](C)C[C@H]3C(=O)O[C@H]2C)cc1. The molecule has 3 aliphatic rings. The Balaban J connectivity index is 1.49. The Morgan fingerprint density at radius 3 is 2.21 bits per heavy atom. The minimum Gasteiger partial charge on any atom is -0.458 e. The number of halogens is 2. The zero-order valence-corrected chi connectivity index (χ0v) is 33.0. The van der Waals surface area contributed by atoms with Gasteiger partial charge in [-0.15, -0.1) is 0 Å². The fraction of sp³-hybridized carbons (Fsp3) is 0.525. The van der Waals surface area contributed by atoms with Crippen molar-refractivity contribution in [3.8, 4) is 0 Å². The Morgan fingerprint density at radius 1 is 0.895 bits per heavy atom. The summed E-state index contributed by atoms with van der Waals surface area (Å²) in [7, 11) is 1.42. The Labute approximate surface area is 330 Å². The summed E-state index contributed by atoms with van der Waals surface area (Å²) in [6, 6.07) is 1.43. The molecule has 4 N–H and O–H groups in total. The van der Waals surface area contributed by atoms with Gasteiger partial charge >= 0.3 is 12.0 Å². The average Bonchev–Trinajstić information content (AvgIpc) is 3.82. The molecule has 308 valence electrons. The van der Waals surface area contributed by atoms with E-state index in [4.69, 9.17) is 4.74 Å². The first-order valence-corrected chi connectivity index (χ1v) is 19.3. The van der Waals surface area contributed by atoms with Gasteiger partial charge < -0.3 is 40.7 Å². The second-order valence-electron chi connectivity index (χ2n) is 15.2. The Hall–Kier alpha value is -5.61. The zero-order chi connectivity index (χ0) is 41.7. The fourth-order valence-corrected chi connectivity index (χ4v) is 7.51. The molecule has 0 radical (unpaired) electrons. The summed E-state index contributed by atoms with van der Waals surface area (Å²) in [6.45, 7) is 8.47. The van der Waals surface area contributed by atoms with E-state index in [-0.39, 0.29) is 37.4 Å². The maximum Gasteiger partial charge on any atom is 0.329 e. The topological polar surface area (TPSA) is 187 Å². The van der Waals surface area contributed by atoms with Crippen LogP contribution in [0, 0.1) is 17.6 Å². The number of nitrogens with one attached hydrogen (secondary N) is 4. The molecule has 3 aliphatic heterocycles. The standard InChI is InChI=1S/C40H51F2N7O8/c1-7-25-10-12-29(13-11-25)44-40(56)45-30(18-26-16-27(41)19-28(42)17-26)35(51)46-33-24(5)57-39(55)32-15-21(2)20-49(32)36(52)22(3)43-34(50)23(4)47(6)37(53)31-9-8-14-48(31)38(33)54/h10-13,16-17,19,21-24,30-33H,7-9,14-15,18,20H2,1-6H3,(H,43,50)(H,46,51)(H2,44,45,56)/t21-,22-,23-,24-,30-,31-,32-,33-/m0/s1. The highest BCUT2D eigenvalue weighted by molar-refractivity contribution is 5.98. The molecule has 8 atom stereocenters. The number of esters is 1. The van der Waals surface area contributed by atoms with E-state index in [0.29, 0.717) is 18.2 Å². The number of cyclic esters (lactones) is 1. The number of nitrogens with zero attached hydrogens (tertiary/aromatic N) is 3. The minimum atomic E-state index is -1.63. The molecule has 0 unspecified atom stereocenters. The smallest absolute Gasteiger partial charge is 0.329 e. The van der Waals surface area contributed by atoms with Gasteiger partial charge in [-0.3, -0.25) is 24.0 Å². The summed E-state index contributed by atoms with van der Waals surface area (Å²) in [5.74, 6) is -6.25. The van der Waals surface area contributed by atoms with Crippen molar-refractivity contribution < 1.29 is 47.1 Å². The Kier molecular flexibility index (Phi) is 13.5. The molecule has 3 saturated heterocycles. The fourth-order valence-electron chi connectivity index (χ4n) is 7.51. The van der Waals surface area contributed by atoms with Gasteiger partial charge in [0, 0.05) is 38.3 Å². The lowest BCUT2D eigenvalue weighted by atomic mass is 10.0. The molecule has 5 rings (SSSR count). The third-order valence-electron chi connectivity index (χ3n) is 10.9. The number of amides is 7. The number of benzene rings is 2. The van der Waals surface area contributed by atoms with Crippen LogP contribution in [0.15, 0.2) is 42.5 Å². The first-order valence-electron chi connectivity index (χ1n) is 19.3. The van der Waals surface area contributed by atoms with Crippen LogP contribution in [-0.2, 0) is 46.3 Å². The van der Waals surface area contributed by atoms with Crippen LogP contribution >= 0.6 is 0 Å². The predicted molar refractivity (Wildman–Crippen MR) is 203 cm³/mol. The number of fused-ring (bicyclic) bond motifs is 2. The molecule has 17 heteroatoms. The lowest BCUT2D eigenvalue weighted by molar-refractivity contribution is -0.162. The van der Waals surface area contributed by atoms with Crippen molar-refractivity contribution in [3.63, 3.8) is 0 Å². The van der Waals surface area contributed by atoms with Crippen LogP contribution < -0.4 is 21.3 Å². The number of carbonyl (C=O) groups is 7. The highest BCUT2D eigenvalue weighted by Crippen LogP contribution is 2.27. The number of hydrogen-bond donors (Lipinski definition) is 4. The summed E-state index contributed by atoms with van der Waals surface area (Å²) in [4.78, 5) is 100. The van der Waals surface area contributed by atoms with E-state index in [1.54, 1.807) is 12.1 Å². The summed E-state index contributed by atoms with van der Waals surface area (Å²) in [5.41, 5.74) is 1.44. The van der Waals surface area contributed by atoms with Crippen molar-refractivity contribution in [2.45, 2.75) is 109 Å². The number of ether oxygens (including phenoxy) is 1. The van der Waals surface area contributed by atoms with Gasteiger partial charge in [0.2, 0.25) is 29.5 Å². The molecule has 3 fully saturated rings. The van der Waals surface area contributed by atoms with Crippen molar-refractivity contribution in [1.82, 2.24) is 30.7 Å². The number of carbonyl (C=O) groups excluding carboxylic acids is 7. The molecule has 0 spiro atoms. The highest BCUT2D eigenvalue weighted by Gasteiger charge is 2.46. The van der Waals surface area contributed by atoms with Gasteiger partial charge in [0.15, 0.2) is 0 Å². The van der Waals surface area contributed by atoms with Crippen LogP contribution in [0.5, 0.6) is 0 Å². The normalized spacial score (nSPS) is 26.6. The first-order chi connectivity index (χ1) is 27.0. The summed E-state index contributed by atoms with van der Waals surface area (Å²) < 4.78 is 34.4. The molecule has 0 bridgehead atoms. The highest BCUT2D eigenvalue weighted by atomic mass is 19.1. The van der Waals surface area contributed by atoms with E-state index < -0.39 is 102 Å². The van der Waals surface area contributed by atoms with Gasteiger partial charge in [0.25, 0.3) is 0 Å². The second-order valence-corrected chi connectivity index (χ2v) is 15.2. The van der Waals surface area contributed by atoms with Crippen molar-refractivity contribution in [1.29, 1.82) is 0 Å². The van der Waals surface area contributed by atoms with E-state index in [1.807, 2.05) is 26.0 Å². The van der Waals surface area contributed by atoms with Crippen LogP contribution in [-0.4, -0.2) is 119 Å². The maximum absolute atomic E-state index is 14.5. The molecule has 15 nitrogen and oxygen atoms in total. The lowest BCUT2D eigenvalue weighted by Gasteiger charge is -2.36. The number of aryl methyl sites for hydroxylation is 1. The van der Waals surface area contributed by atoms with Crippen LogP contribution in [0.2, 0.25) is 0 Å². The Morgan fingerprint density at radius 2 is 1.56 bits per heavy atom. The average molecular weight is 796 g/mol. The molecule has 0 aromatic heterocycles. The van der Waals surface area contributed by atoms with Gasteiger partial charge in [0.05, 0.1) is 0 Å². The molecule has 57 heavy (non-hydrogen) atoms. The van der Waals surface area contributed by atoms with Gasteiger partial charge in [-0.1, -0.05) is 26.0 Å². The number of likely N-dealkylation sites (N-methyl/N-ethyl adjacent to an activating group) is 1. The van der Waals surface area contributed by atoms with Crippen LogP contribution in [0.3, 0.4) is 0 Å². The van der Waals surface area contributed by atoms with E-state index in [0.717, 1.165) is 24.1 Å². The van der Waals surface area contributed by atoms with Crippen molar-refractivity contribution >= 4 is 47.2 Å². The van der Waals surface area contributed by atoms with Crippen molar-refractivity contribution in [2.24, 2.45) is 5.92 Å². The predicted octanol–water partition coefficient (Wildman–Crippen LogP) is 2.27. The zero-order valence-electron chi connectivity index (χ0n) is 33.0. The Bertz CT molecular complexity index is 1860. The van der Waals surface area contributed by atoms with Crippen molar-refractivity contribution in [2.75, 3.05) is 25.5 Å². The molecule has 0 aliphatic carbocycles. The summed E-state index contributed by atoms with van der Waals surface area (Å²) in [5, 5.41) is 10.4. The molecule has 0 saturated carbocycles. The minimum absolute atomic E-state index is 0.0183. The molecular formula is C40H51F2N7O8. The molecular weight excluding hydrogens is 744 g/mol. The quantitative estimate of drug-likeness (QED) is 0.308. The second kappa shape index (κ2) is 18.1. The number of hydrogen-bond acceptors (Lipinski definition) is 8. The molecule has 2 aromatic rings. The maximum atomic E-state index is 14.5. The molecule has 3 heterocycles. The third-order valence-corrected chi connectivity index (χ3v) is 10.9. The lowest BCUT2D eigenvalue weighted by Crippen LogP contribution is -2.62. The number of anilines is 1. The van der Waals surface area contributed by atoms with Crippen LogP contribution in [0.1, 0.15) is 65.0 Å². The van der Waals surface area contributed by atoms with E-state index in [2.05, 4.69) is 21.3 Å². The van der Waals surface area contributed by atoms with Gasteiger partial charge in [-0.05, 0) is 87.8 Å². The van der Waals surface area contributed by atoms with Gasteiger partial charge in [-0.25, -0.2) is 18.4 Å². The number of rotatable bonds is 7. The largest absolute Gasteiger partial charge is 0.458 e. The monoisotopic (exact) mass is 795 g/mol.